The lowest BCUT2D eigenvalue weighted by molar-refractivity contribution is 0.344. The van der Waals surface area contributed by atoms with Gasteiger partial charge in [0.25, 0.3) is 0 Å². The standard InChI is InChI=1S/C15H13BrN2OS/c16-12-3-6-15(14(18)9-12)20-8-7-19-13-4-1-11(10-17)2-5-13/h1-6,9H,7-8,18H2. The number of nitrogens with two attached hydrogens (primary N) is 1. The summed E-state index contributed by atoms with van der Waals surface area (Å²) >= 11 is 5.04. The highest BCUT2D eigenvalue weighted by molar-refractivity contribution is 9.10. The second-order valence-electron chi connectivity index (χ2n) is 4.02. The number of nitriles is 1. The predicted molar refractivity (Wildman–Crippen MR) is 85.9 cm³/mol. The Labute approximate surface area is 130 Å². The van der Waals surface area contributed by atoms with E-state index in [4.69, 9.17) is 15.7 Å². The molecule has 20 heavy (non-hydrogen) atoms. The minimum Gasteiger partial charge on any atom is -0.493 e. The van der Waals surface area contributed by atoms with E-state index in [-0.39, 0.29) is 0 Å². The molecule has 102 valence electrons. The van der Waals surface area contributed by atoms with Gasteiger partial charge >= 0.3 is 0 Å². The van der Waals surface area contributed by atoms with Gasteiger partial charge in [-0.05, 0) is 42.5 Å². The van der Waals surface area contributed by atoms with E-state index in [1.165, 1.54) is 0 Å². The van der Waals surface area contributed by atoms with Crippen LogP contribution in [0.1, 0.15) is 5.56 Å². The van der Waals surface area contributed by atoms with Crippen LogP contribution in [-0.2, 0) is 0 Å². The smallest absolute Gasteiger partial charge is 0.119 e. The van der Waals surface area contributed by atoms with Crippen LogP contribution in [0.15, 0.2) is 51.8 Å². The van der Waals surface area contributed by atoms with Gasteiger partial charge in [0, 0.05) is 20.8 Å². The molecule has 0 atom stereocenters. The Morgan fingerprint density at radius 1 is 1.20 bits per heavy atom. The monoisotopic (exact) mass is 348 g/mol. The van der Waals surface area contributed by atoms with Crippen molar-refractivity contribution >= 4 is 33.4 Å². The lowest BCUT2D eigenvalue weighted by atomic mass is 10.2. The summed E-state index contributed by atoms with van der Waals surface area (Å²) in [5.41, 5.74) is 7.32. The maximum atomic E-state index is 8.70. The van der Waals surface area contributed by atoms with Crippen LogP contribution in [0, 0.1) is 11.3 Å². The van der Waals surface area contributed by atoms with E-state index in [0.717, 1.165) is 26.6 Å². The van der Waals surface area contributed by atoms with Crippen molar-refractivity contribution in [2.24, 2.45) is 0 Å². The van der Waals surface area contributed by atoms with Crippen LogP contribution >= 0.6 is 27.7 Å². The van der Waals surface area contributed by atoms with Gasteiger partial charge in [-0.15, -0.1) is 11.8 Å². The Balaban J connectivity index is 1.80. The van der Waals surface area contributed by atoms with Gasteiger partial charge in [0.05, 0.1) is 18.2 Å². The summed E-state index contributed by atoms with van der Waals surface area (Å²) in [4.78, 5) is 1.05. The van der Waals surface area contributed by atoms with Crippen molar-refractivity contribution < 1.29 is 4.74 Å². The third-order valence-electron chi connectivity index (χ3n) is 2.56. The molecular weight excluding hydrogens is 336 g/mol. The fraction of sp³-hybridized carbons (Fsp3) is 0.133. The minimum absolute atomic E-state index is 0.589. The van der Waals surface area contributed by atoms with Crippen LogP contribution in [0.4, 0.5) is 5.69 Å². The molecule has 0 saturated carbocycles. The van der Waals surface area contributed by atoms with Crippen LogP contribution in [0.25, 0.3) is 0 Å². The Bertz CT molecular complexity index is 623. The minimum atomic E-state index is 0.589. The Kier molecular flexibility index (Phi) is 5.33. The summed E-state index contributed by atoms with van der Waals surface area (Å²) in [6.07, 6.45) is 0. The summed E-state index contributed by atoms with van der Waals surface area (Å²) in [7, 11) is 0. The van der Waals surface area contributed by atoms with Crippen molar-refractivity contribution in [3.63, 3.8) is 0 Å². The molecule has 2 aromatic rings. The van der Waals surface area contributed by atoms with Gasteiger partial charge in [0.15, 0.2) is 0 Å². The molecule has 0 unspecified atom stereocenters. The van der Waals surface area contributed by atoms with Gasteiger partial charge < -0.3 is 10.5 Å². The molecule has 0 heterocycles. The zero-order chi connectivity index (χ0) is 14.4. The van der Waals surface area contributed by atoms with Gasteiger partial charge in [-0.2, -0.15) is 5.26 Å². The molecule has 3 nitrogen and oxygen atoms in total. The number of rotatable bonds is 5. The zero-order valence-corrected chi connectivity index (χ0v) is 13.1. The van der Waals surface area contributed by atoms with Crippen molar-refractivity contribution in [2.45, 2.75) is 4.90 Å². The number of anilines is 1. The lowest BCUT2D eigenvalue weighted by Crippen LogP contribution is -2.00. The number of halogens is 1. The van der Waals surface area contributed by atoms with E-state index >= 15 is 0 Å². The average Bonchev–Trinajstić information content (AvgIpc) is 2.46. The maximum absolute atomic E-state index is 8.70. The third-order valence-corrected chi connectivity index (χ3v) is 4.11. The van der Waals surface area contributed by atoms with E-state index in [1.54, 1.807) is 36.0 Å². The molecule has 2 rings (SSSR count). The molecular formula is C15H13BrN2OS. The Morgan fingerprint density at radius 3 is 2.60 bits per heavy atom. The van der Waals surface area contributed by atoms with Gasteiger partial charge in [0.2, 0.25) is 0 Å². The molecule has 2 N–H and O–H groups in total. The molecule has 2 aromatic carbocycles. The van der Waals surface area contributed by atoms with Crippen LogP contribution in [0.3, 0.4) is 0 Å². The number of hydrogen-bond acceptors (Lipinski definition) is 4. The second kappa shape index (κ2) is 7.22. The quantitative estimate of drug-likeness (QED) is 0.502. The molecule has 0 spiro atoms. The van der Waals surface area contributed by atoms with Crippen molar-refractivity contribution in [2.75, 3.05) is 18.1 Å². The van der Waals surface area contributed by atoms with Crippen LogP contribution in [0.2, 0.25) is 0 Å². The normalized spacial score (nSPS) is 10.0. The van der Waals surface area contributed by atoms with E-state index in [1.807, 2.05) is 18.2 Å². The van der Waals surface area contributed by atoms with Crippen LogP contribution < -0.4 is 10.5 Å². The topological polar surface area (TPSA) is 59.0 Å². The molecule has 0 radical (unpaired) electrons. The second-order valence-corrected chi connectivity index (χ2v) is 6.07. The molecule has 5 heteroatoms. The average molecular weight is 349 g/mol. The predicted octanol–water partition coefficient (Wildman–Crippen LogP) is 4.07. The van der Waals surface area contributed by atoms with Crippen molar-refractivity contribution in [3.05, 3.63) is 52.5 Å². The summed E-state index contributed by atoms with van der Waals surface area (Å²) in [5.74, 6) is 1.58. The molecule has 0 amide bonds. The van der Waals surface area contributed by atoms with E-state index in [9.17, 15) is 0 Å². The largest absolute Gasteiger partial charge is 0.493 e. The van der Waals surface area contributed by atoms with Crippen molar-refractivity contribution in [1.82, 2.24) is 0 Å². The van der Waals surface area contributed by atoms with Gasteiger partial charge in [-0.1, -0.05) is 15.9 Å². The lowest BCUT2D eigenvalue weighted by Gasteiger charge is -2.08. The summed E-state index contributed by atoms with van der Waals surface area (Å²) < 4.78 is 6.59. The number of hydrogen-bond donors (Lipinski definition) is 1. The first-order valence-electron chi connectivity index (χ1n) is 6.00. The molecule has 0 aliphatic carbocycles. The molecule has 0 aromatic heterocycles. The number of ether oxygens (including phenoxy) is 1. The molecule has 0 aliphatic rings. The highest BCUT2D eigenvalue weighted by atomic mass is 79.9. The molecule has 0 bridgehead atoms. The SMILES string of the molecule is N#Cc1ccc(OCCSc2ccc(Br)cc2N)cc1. The van der Waals surface area contributed by atoms with Crippen molar-refractivity contribution in [3.8, 4) is 11.8 Å². The van der Waals surface area contributed by atoms with E-state index < -0.39 is 0 Å². The maximum Gasteiger partial charge on any atom is 0.119 e. The Hall–Kier alpha value is -1.64. The highest BCUT2D eigenvalue weighted by Gasteiger charge is 2.01. The number of benzene rings is 2. The van der Waals surface area contributed by atoms with Gasteiger partial charge in [0.1, 0.15) is 5.75 Å². The highest BCUT2D eigenvalue weighted by Crippen LogP contribution is 2.27. The summed E-state index contributed by atoms with van der Waals surface area (Å²) in [5, 5.41) is 8.70. The van der Waals surface area contributed by atoms with Crippen molar-refractivity contribution in [1.29, 1.82) is 5.26 Å². The Morgan fingerprint density at radius 2 is 1.95 bits per heavy atom. The first-order chi connectivity index (χ1) is 9.69. The molecule has 0 aliphatic heterocycles. The van der Waals surface area contributed by atoms with Gasteiger partial charge in [-0.3, -0.25) is 0 Å². The summed E-state index contributed by atoms with van der Waals surface area (Å²) in [6.45, 7) is 0.589. The number of nitrogen functional groups attached to an aromatic ring is 1. The third kappa shape index (κ3) is 4.19. The first-order valence-corrected chi connectivity index (χ1v) is 7.77. The van der Waals surface area contributed by atoms with Gasteiger partial charge in [-0.25, -0.2) is 0 Å². The fourth-order valence-electron chi connectivity index (χ4n) is 1.59. The summed E-state index contributed by atoms with van der Waals surface area (Å²) in [6, 6.07) is 15.0. The van der Waals surface area contributed by atoms with Crippen LogP contribution in [-0.4, -0.2) is 12.4 Å². The number of thioether (sulfide) groups is 1. The van der Waals surface area contributed by atoms with E-state index in [0.29, 0.717) is 12.2 Å². The fourth-order valence-corrected chi connectivity index (χ4v) is 2.74. The molecule has 0 fully saturated rings. The molecule has 0 saturated heterocycles. The number of nitrogens with zero attached hydrogens (tertiary/aromatic N) is 1. The zero-order valence-electron chi connectivity index (χ0n) is 10.7. The van der Waals surface area contributed by atoms with E-state index in [2.05, 4.69) is 22.0 Å². The first kappa shape index (κ1) is 14.8. The van der Waals surface area contributed by atoms with Crippen LogP contribution in [0.5, 0.6) is 5.75 Å².